The van der Waals surface area contributed by atoms with E-state index in [-0.39, 0.29) is 17.4 Å². The van der Waals surface area contributed by atoms with E-state index < -0.39 is 5.91 Å². The number of H-pyrrole nitrogens is 1. The zero-order valence-electron chi connectivity index (χ0n) is 11.3. The molecule has 0 atom stereocenters. The topological polar surface area (TPSA) is 90.4 Å². The summed E-state index contributed by atoms with van der Waals surface area (Å²) in [5.41, 5.74) is 4.06. The van der Waals surface area contributed by atoms with Gasteiger partial charge in [0.05, 0.1) is 6.21 Å². The fourth-order valence-corrected chi connectivity index (χ4v) is 1.56. The summed E-state index contributed by atoms with van der Waals surface area (Å²) >= 11 is 0. The molecule has 0 saturated heterocycles. The Bertz CT molecular complexity index is 632. The molecule has 6 heteroatoms. The van der Waals surface area contributed by atoms with Crippen molar-refractivity contribution < 1.29 is 9.90 Å². The van der Waals surface area contributed by atoms with Gasteiger partial charge in [0.2, 0.25) is 0 Å². The molecule has 0 unspecified atom stereocenters. The third kappa shape index (κ3) is 3.23. The molecule has 6 nitrogen and oxygen atoms in total. The average Bonchev–Trinajstić information content (AvgIpc) is 2.91. The molecule has 1 heterocycles. The number of carbonyl (C=O) groups excluding carboxylic acids is 1. The highest BCUT2D eigenvalue weighted by Gasteiger charge is 2.11. The predicted octanol–water partition coefficient (Wildman–Crippen LogP) is 2.00. The Kier molecular flexibility index (Phi) is 4.14. The number of carbonyl (C=O) groups is 1. The van der Waals surface area contributed by atoms with Crippen molar-refractivity contribution in [3.63, 3.8) is 0 Å². The van der Waals surface area contributed by atoms with Gasteiger partial charge in [-0.25, -0.2) is 5.43 Å². The Morgan fingerprint density at radius 3 is 2.85 bits per heavy atom. The van der Waals surface area contributed by atoms with Crippen molar-refractivity contribution in [1.29, 1.82) is 0 Å². The van der Waals surface area contributed by atoms with E-state index in [2.05, 4.69) is 20.7 Å². The van der Waals surface area contributed by atoms with Crippen LogP contribution < -0.4 is 5.43 Å². The molecule has 0 spiro atoms. The van der Waals surface area contributed by atoms with Crippen LogP contribution in [0.15, 0.2) is 35.4 Å². The number of aromatic nitrogens is 2. The van der Waals surface area contributed by atoms with E-state index in [0.717, 1.165) is 5.69 Å². The first-order valence-electron chi connectivity index (χ1n) is 6.24. The van der Waals surface area contributed by atoms with Gasteiger partial charge >= 0.3 is 0 Å². The first-order valence-corrected chi connectivity index (χ1v) is 6.24. The molecule has 104 valence electrons. The van der Waals surface area contributed by atoms with Gasteiger partial charge in [-0.2, -0.15) is 10.2 Å². The zero-order valence-corrected chi connectivity index (χ0v) is 11.3. The minimum absolute atomic E-state index is 0.104. The largest absolute Gasteiger partial charge is 0.507 e. The van der Waals surface area contributed by atoms with E-state index in [4.69, 9.17) is 0 Å². The highest BCUT2D eigenvalue weighted by molar-refractivity contribution is 5.93. The number of aromatic amines is 1. The standard InChI is InChI=1S/C14H16N4O2/c1-9(2)11-7-12(17-16-11)14(20)18-15-8-10-5-3-4-6-13(10)19/h3-9,19H,1-2H3,(H,16,17)(H,18,20)/b15-8+. The number of nitrogens with one attached hydrogen (secondary N) is 2. The molecule has 0 radical (unpaired) electrons. The quantitative estimate of drug-likeness (QED) is 0.587. The zero-order chi connectivity index (χ0) is 14.5. The number of hydrazone groups is 1. The van der Waals surface area contributed by atoms with Crippen molar-refractivity contribution in [2.45, 2.75) is 19.8 Å². The number of aromatic hydroxyl groups is 1. The predicted molar refractivity (Wildman–Crippen MR) is 75.8 cm³/mol. The van der Waals surface area contributed by atoms with Crippen molar-refractivity contribution in [3.8, 4) is 5.75 Å². The van der Waals surface area contributed by atoms with Crippen LogP contribution in [0.3, 0.4) is 0 Å². The van der Waals surface area contributed by atoms with E-state index in [9.17, 15) is 9.90 Å². The first kappa shape index (κ1) is 13.8. The molecule has 0 aliphatic rings. The maximum Gasteiger partial charge on any atom is 0.291 e. The molecule has 20 heavy (non-hydrogen) atoms. The lowest BCUT2D eigenvalue weighted by atomic mass is 10.1. The fourth-order valence-electron chi connectivity index (χ4n) is 1.56. The summed E-state index contributed by atoms with van der Waals surface area (Å²) in [6, 6.07) is 8.41. The minimum atomic E-state index is -0.403. The van der Waals surface area contributed by atoms with Gasteiger partial charge in [0.1, 0.15) is 5.75 Å². The number of nitrogens with zero attached hydrogens (tertiary/aromatic N) is 2. The van der Waals surface area contributed by atoms with Crippen LogP contribution in [0, 0.1) is 0 Å². The summed E-state index contributed by atoms with van der Waals surface area (Å²) in [6.07, 6.45) is 1.38. The number of amides is 1. The first-order chi connectivity index (χ1) is 9.58. The smallest absolute Gasteiger partial charge is 0.291 e. The van der Waals surface area contributed by atoms with Gasteiger partial charge in [-0.15, -0.1) is 0 Å². The highest BCUT2D eigenvalue weighted by atomic mass is 16.3. The maximum absolute atomic E-state index is 11.8. The van der Waals surface area contributed by atoms with Crippen molar-refractivity contribution in [3.05, 3.63) is 47.3 Å². The lowest BCUT2D eigenvalue weighted by Crippen LogP contribution is -2.18. The van der Waals surface area contributed by atoms with Gasteiger partial charge in [0.15, 0.2) is 5.69 Å². The van der Waals surface area contributed by atoms with E-state index in [1.54, 1.807) is 30.3 Å². The number of para-hydroxylation sites is 1. The molecule has 1 amide bonds. The Hall–Kier alpha value is -2.63. The normalized spacial score (nSPS) is 11.2. The molecular formula is C14H16N4O2. The number of benzene rings is 1. The van der Waals surface area contributed by atoms with Crippen LogP contribution in [-0.4, -0.2) is 27.4 Å². The Morgan fingerprint density at radius 2 is 2.20 bits per heavy atom. The molecule has 0 fully saturated rings. The SMILES string of the molecule is CC(C)c1cc(C(=O)N/N=C/c2ccccc2O)n[nH]1. The molecule has 0 saturated carbocycles. The van der Waals surface area contributed by atoms with Crippen molar-refractivity contribution in [2.75, 3.05) is 0 Å². The van der Waals surface area contributed by atoms with Crippen LogP contribution in [0.2, 0.25) is 0 Å². The lowest BCUT2D eigenvalue weighted by Gasteiger charge is -1.98. The van der Waals surface area contributed by atoms with Crippen LogP contribution in [0.5, 0.6) is 5.75 Å². The Labute approximate surface area is 116 Å². The van der Waals surface area contributed by atoms with E-state index in [1.807, 2.05) is 13.8 Å². The van der Waals surface area contributed by atoms with Gasteiger partial charge < -0.3 is 5.11 Å². The van der Waals surface area contributed by atoms with Crippen molar-refractivity contribution in [1.82, 2.24) is 15.6 Å². The van der Waals surface area contributed by atoms with E-state index in [0.29, 0.717) is 5.56 Å². The second kappa shape index (κ2) is 6.01. The number of rotatable bonds is 4. The third-order valence-electron chi connectivity index (χ3n) is 2.76. The van der Waals surface area contributed by atoms with Crippen LogP contribution >= 0.6 is 0 Å². The van der Waals surface area contributed by atoms with Gasteiger partial charge in [0.25, 0.3) is 5.91 Å². The van der Waals surface area contributed by atoms with Crippen molar-refractivity contribution >= 4 is 12.1 Å². The summed E-state index contributed by atoms with van der Waals surface area (Å²) in [5.74, 6) is -0.0269. The second-order valence-electron chi connectivity index (χ2n) is 4.62. The van der Waals surface area contributed by atoms with Crippen molar-refractivity contribution in [2.24, 2.45) is 5.10 Å². The number of phenolic OH excluding ortho intramolecular Hbond substituents is 1. The van der Waals surface area contributed by atoms with E-state index in [1.165, 1.54) is 6.21 Å². The Balaban J connectivity index is 2.00. The molecule has 1 aromatic carbocycles. The third-order valence-corrected chi connectivity index (χ3v) is 2.76. The van der Waals surface area contributed by atoms with Gasteiger partial charge in [-0.05, 0) is 24.1 Å². The summed E-state index contributed by atoms with van der Waals surface area (Å²) in [5, 5.41) is 20.1. The molecule has 2 aromatic rings. The monoisotopic (exact) mass is 272 g/mol. The Morgan fingerprint density at radius 1 is 1.45 bits per heavy atom. The minimum Gasteiger partial charge on any atom is -0.507 e. The molecule has 0 aliphatic heterocycles. The molecule has 0 bridgehead atoms. The summed E-state index contributed by atoms with van der Waals surface area (Å²) in [4.78, 5) is 11.8. The molecule has 2 rings (SSSR count). The van der Waals surface area contributed by atoms with Gasteiger partial charge in [0, 0.05) is 11.3 Å². The maximum atomic E-state index is 11.8. The summed E-state index contributed by atoms with van der Waals surface area (Å²) < 4.78 is 0. The van der Waals surface area contributed by atoms with Gasteiger partial charge in [-0.1, -0.05) is 26.0 Å². The number of hydrogen-bond donors (Lipinski definition) is 3. The highest BCUT2D eigenvalue weighted by Crippen LogP contribution is 2.13. The molecular weight excluding hydrogens is 256 g/mol. The fraction of sp³-hybridized carbons (Fsp3) is 0.214. The second-order valence-corrected chi connectivity index (χ2v) is 4.62. The summed E-state index contributed by atoms with van der Waals surface area (Å²) in [6.45, 7) is 4.01. The lowest BCUT2D eigenvalue weighted by molar-refractivity contribution is 0.0950. The molecule has 3 N–H and O–H groups in total. The van der Waals surface area contributed by atoms with Crippen LogP contribution in [0.4, 0.5) is 0 Å². The molecule has 1 aromatic heterocycles. The van der Waals surface area contributed by atoms with Gasteiger partial charge in [-0.3, -0.25) is 9.89 Å². The molecule has 0 aliphatic carbocycles. The summed E-state index contributed by atoms with van der Waals surface area (Å²) in [7, 11) is 0. The van der Waals surface area contributed by atoms with Crippen LogP contribution in [0.25, 0.3) is 0 Å². The average molecular weight is 272 g/mol. The number of hydrogen-bond acceptors (Lipinski definition) is 4. The van der Waals surface area contributed by atoms with Crippen LogP contribution in [-0.2, 0) is 0 Å². The van der Waals surface area contributed by atoms with E-state index >= 15 is 0 Å². The number of phenols is 1. The van der Waals surface area contributed by atoms with Crippen LogP contribution in [0.1, 0.15) is 41.5 Å².